The van der Waals surface area contributed by atoms with Crippen molar-refractivity contribution >= 4 is 11.9 Å². The molecule has 1 amide bonds. The van der Waals surface area contributed by atoms with Gasteiger partial charge in [0.1, 0.15) is 0 Å². The molecular formula is C17H30N2O3. The lowest BCUT2D eigenvalue weighted by Gasteiger charge is -2.39. The summed E-state index contributed by atoms with van der Waals surface area (Å²) in [7, 11) is 0. The van der Waals surface area contributed by atoms with Crippen molar-refractivity contribution in [3.63, 3.8) is 0 Å². The molecule has 0 radical (unpaired) electrons. The van der Waals surface area contributed by atoms with E-state index in [1.165, 1.54) is 19.3 Å². The molecule has 1 heterocycles. The number of rotatable bonds is 4. The van der Waals surface area contributed by atoms with Gasteiger partial charge in [-0.15, -0.1) is 0 Å². The highest BCUT2D eigenvalue weighted by Gasteiger charge is 2.34. The van der Waals surface area contributed by atoms with Gasteiger partial charge in [0.25, 0.3) is 0 Å². The van der Waals surface area contributed by atoms with E-state index < -0.39 is 5.97 Å². The zero-order valence-electron chi connectivity index (χ0n) is 14.0. The fourth-order valence-corrected chi connectivity index (χ4v) is 3.89. The van der Waals surface area contributed by atoms with E-state index in [0.29, 0.717) is 24.8 Å². The first kappa shape index (κ1) is 17.3. The molecule has 1 aliphatic heterocycles. The molecule has 2 N–H and O–H groups in total. The van der Waals surface area contributed by atoms with E-state index >= 15 is 0 Å². The van der Waals surface area contributed by atoms with Gasteiger partial charge < -0.3 is 10.4 Å². The average Bonchev–Trinajstić information content (AvgIpc) is 2.48. The average molecular weight is 310 g/mol. The first-order chi connectivity index (χ1) is 10.4. The summed E-state index contributed by atoms with van der Waals surface area (Å²) in [6.45, 7) is 7.46. The quantitative estimate of drug-likeness (QED) is 0.834. The van der Waals surface area contributed by atoms with E-state index in [9.17, 15) is 14.7 Å². The second kappa shape index (κ2) is 7.44. The number of nitrogens with zero attached hydrogens (tertiary/aromatic N) is 1. The van der Waals surface area contributed by atoms with Crippen LogP contribution in [0.2, 0.25) is 0 Å². The number of carbonyl (C=O) groups is 2. The van der Waals surface area contributed by atoms with Crippen molar-refractivity contribution in [3.05, 3.63) is 0 Å². The maximum absolute atomic E-state index is 12.5. The topological polar surface area (TPSA) is 69.6 Å². The van der Waals surface area contributed by atoms with E-state index in [2.05, 4.69) is 19.2 Å². The van der Waals surface area contributed by atoms with Gasteiger partial charge >= 0.3 is 5.97 Å². The number of hydrogen-bond acceptors (Lipinski definition) is 3. The Morgan fingerprint density at radius 2 is 1.86 bits per heavy atom. The lowest BCUT2D eigenvalue weighted by atomic mass is 9.85. The molecule has 5 heteroatoms. The smallest absolute Gasteiger partial charge is 0.307 e. The summed E-state index contributed by atoms with van der Waals surface area (Å²) in [5.74, 6) is -0.190. The zero-order valence-corrected chi connectivity index (χ0v) is 14.0. The predicted molar refractivity (Wildman–Crippen MR) is 85.5 cm³/mol. The Labute approximate surface area is 133 Å². The van der Waals surface area contributed by atoms with Crippen LogP contribution in [-0.2, 0) is 9.59 Å². The minimum Gasteiger partial charge on any atom is -0.481 e. The summed E-state index contributed by atoms with van der Waals surface area (Å²) >= 11 is 0. The number of carbonyl (C=O) groups excluding carboxylic acids is 1. The van der Waals surface area contributed by atoms with Crippen LogP contribution in [0, 0.1) is 17.8 Å². The van der Waals surface area contributed by atoms with Crippen LogP contribution in [0.4, 0.5) is 0 Å². The monoisotopic (exact) mass is 310 g/mol. The molecule has 5 atom stereocenters. The first-order valence-electron chi connectivity index (χ1n) is 8.65. The van der Waals surface area contributed by atoms with Crippen LogP contribution in [-0.4, -0.2) is 47.1 Å². The summed E-state index contributed by atoms with van der Waals surface area (Å²) in [6, 6.07) is 0.0277. The Morgan fingerprint density at radius 3 is 2.50 bits per heavy atom. The van der Waals surface area contributed by atoms with Crippen molar-refractivity contribution in [3.8, 4) is 0 Å². The number of carboxylic acids is 1. The highest BCUT2D eigenvalue weighted by molar-refractivity contribution is 5.81. The third-order valence-corrected chi connectivity index (χ3v) is 5.40. The summed E-state index contributed by atoms with van der Waals surface area (Å²) in [5, 5.41) is 12.5. The SMILES string of the molecule is CC1CC(C(=O)O)CN(C(C)C(=O)NC2CCCCC2C)C1. The van der Waals surface area contributed by atoms with Crippen LogP contribution in [0.3, 0.4) is 0 Å². The number of amides is 1. The lowest BCUT2D eigenvalue weighted by Crippen LogP contribution is -2.54. The third kappa shape index (κ3) is 4.22. The van der Waals surface area contributed by atoms with E-state index in [0.717, 1.165) is 13.0 Å². The molecule has 0 spiro atoms. The molecule has 0 aromatic rings. The van der Waals surface area contributed by atoms with Crippen molar-refractivity contribution in [2.45, 2.75) is 65.0 Å². The Balaban J connectivity index is 1.92. The molecule has 0 aromatic heterocycles. The molecule has 2 fully saturated rings. The van der Waals surface area contributed by atoms with E-state index in [1.54, 1.807) is 0 Å². The minimum atomic E-state index is -0.745. The Morgan fingerprint density at radius 1 is 1.18 bits per heavy atom. The summed E-state index contributed by atoms with van der Waals surface area (Å²) in [6.07, 6.45) is 5.40. The van der Waals surface area contributed by atoms with E-state index in [4.69, 9.17) is 0 Å². The van der Waals surface area contributed by atoms with Gasteiger partial charge in [-0.25, -0.2) is 0 Å². The molecular weight excluding hydrogens is 280 g/mol. The first-order valence-corrected chi connectivity index (χ1v) is 8.65. The number of nitrogens with one attached hydrogen (secondary N) is 1. The van der Waals surface area contributed by atoms with Crippen LogP contribution in [0.5, 0.6) is 0 Å². The number of piperidine rings is 1. The maximum Gasteiger partial charge on any atom is 0.307 e. The number of carboxylic acid groups (broad SMARTS) is 1. The van der Waals surface area contributed by atoms with Gasteiger partial charge in [0.05, 0.1) is 12.0 Å². The van der Waals surface area contributed by atoms with Crippen molar-refractivity contribution in [2.75, 3.05) is 13.1 Å². The minimum absolute atomic E-state index is 0.0528. The van der Waals surface area contributed by atoms with Gasteiger partial charge in [-0.2, -0.15) is 0 Å². The molecule has 126 valence electrons. The van der Waals surface area contributed by atoms with Gasteiger partial charge in [-0.1, -0.05) is 26.7 Å². The molecule has 22 heavy (non-hydrogen) atoms. The van der Waals surface area contributed by atoms with Crippen LogP contribution in [0.25, 0.3) is 0 Å². The molecule has 2 rings (SSSR count). The van der Waals surface area contributed by atoms with E-state index in [1.807, 2.05) is 11.8 Å². The van der Waals surface area contributed by atoms with Crippen molar-refractivity contribution < 1.29 is 14.7 Å². The molecule has 1 aliphatic carbocycles. The van der Waals surface area contributed by atoms with Crippen LogP contribution in [0.15, 0.2) is 0 Å². The Bertz CT molecular complexity index is 413. The summed E-state index contributed by atoms with van der Waals surface area (Å²) in [5.41, 5.74) is 0. The number of hydrogen-bond donors (Lipinski definition) is 2. The normalized spacial score (nSPS) is 34.9. The van der Waals surface area contributed by atoms with E-state index in [-0.39, 0.29) is 23.9 Å². The number of aliphatic carboxylic acids is 1. The van der Waals surface area contributed by atoms with Crippen LogP contribution < -0.4 is 5.32 Å². The Kier molecular flexibility index (Phi) is 5.84. The number of likely N-dealkylation sites (tertiary alicyclic amines) is 1. The fourth-order valence-electron chi connectivity index (χ4n) is 3.89. The third-order valence-electron chi connectivity index (χ3n) is 5.40. The van der Waals surface area contributed by atoms with Gasteiger partial charge in [0.15, 0.2) is 0 Å². The van der Waals surface area contributed by atoms with Crippen LogP contribution in [0.1, 0.15) is 52.9 Å². The lowest BCUT2D eigenvalue weighted by molar-refractivity contribution is -0.146. The summed E-state index contributed by atoms with van der Waals surface area (Å²) < 4.78 is 0. The second-order valence-corrected chi connectivity index (χ2v) is 7.38. The van der Waals surface area contributed by atoms with Crippen molar-refractivity contribution in [1.29, 1.82) is 0 Å². The summed E-state index contributed by atoms with van der Waals surface area (Å²) in [4.78, 5) is 25.8. The second-order valence-electron chi connectivity index (χ2n) is 7.38. The van der Waals surface area contributed by atoms with Gasteiger partial charge in [-0.05, 0) is 38.0 Å². The predicted octanol–water partition coefficient (Wildman–Crippen LogP) is 2.11. The molecule has 0 bridgehead atoms. The molecule has 1 saturated carbocycles. The van der Waals surface area contributed by atoms with Crippen LogP contribution >= 0.6 is 0 Å². The molecule has 5 nitrogen and oxygen atoms in total. The Hall–Kier alpha value is -1.10. The largest absolute Gasteiger partial charge is 0.481 e. The van der Waals surface area contributed by atoms with Crippen molar-refractivity contribution in [1.82, 2.24) is 10.2 Å². The fraction of sp³-hybridized carbons (Fsp3) is 0.882. The van der Waals surface area contributed by atoms with Gasteiger partial charge in [0, 0.05) is 19.1 Å². The molecule has 0 aromatic carbocycles. The maximum atomic E-state index is 12.5. The van der Waals surface area contributed by atoms with Crippen molar-refractivity contribution in [2.24, 2.45) is 17.8 Å². The highest BCUT2D eigenvalue weighted by Crippen LogP contribution is 2.25. The molecule has 5 unspecified atom stereocenters. The highest BCUT2D eigenvalue weighted by atomic mass is 16.4. The van der Waals surface area contributed by atoms with Gasteiger partial charge in [-0.3, -0.25) is 14.5 Å². The molecule has 2 aliphatic rings. The molecule has 1 saturated heterocycles. The van der Waals surface area contributed by atoms with Gasteiger partial charge in [0.2, 0.25) is 5.91 Å². The zero-order chi connectivity index (χ0) is 16.3. The standard InChI is InChI=1S/C17H30N2O3/c1-11-8-14(17(21)22)10-19(9-11)13(3)16(20)18-15-7-5-4-6-12(15)2/h11-15H,4-10H2,1-3H3,(H,18,20)(H,21,22).